The van der Waals surface area contributed by atoms with Gasteiger partial charge in [-0.25, -0.2) is 0 Å². The maximum absolute atomic E-state index is 11.3. The van der Waals surface area contributed by atoms with Gasteiger partial charge >= 0.3 is 0 Å². The van der Waals surface area contributed by atoms with E-state index in [1.165, 1.54) is 0 Å². The molecule has 0 aliphatic carbocycles. The molecule has 1 rings (SSSR count). The fourth-order valence-electron chi connectivity index (χ4n) is 2.37. The van der Waals surface area contributed by atoms with E-state index in [2.05, 4.69) is 11.8 Å². The zero-order valence-electron chi connectivity index (χ0n) is 10.9. The summed E-state index contributed by atoms with van der Waals surface area (Å²) in [6, 6.07) is 0. The van der Waals surface area contributed by atoms with Crippen molar-refractivity contribution in [1.82, 2.24) is 4.90 Å². The lowest BCUT2D eigenvalue weighted by atomic mass is 9.83. The summed E-state index contributed by atoms with van der Waals surface area (Å²) in [5.74, 6) is 0. The molecule has 0 aromatic heterocycles. The number of aliphatic hydroxyl groups excluding tert-OH is 1. The van der Waals surface area contributed by atoms with Crippen molar-refractivity contribution in [2.75, 3.05) is 39.5 Å². The van der Waals surface area contributed by atoms with Crippen molar-refractivity contribution in [3.8, 4) is 0 Å². The number of aldehydes is 1. The molecule has 1 aliphatic rings. The zero-order valence-corrected chi connectivity index (χ0v) is 10.9. The number of carbonyl (C=O) groups excluding carboxylic acids is 1. The van der Waals surface area contributed by atoms with Gasteiger partial charge in [0, 0.05) is 19.7 Å². The van der Waals surface area contributed by atoms with E-state index in [0.29, 0.717) is 13.2 Å². The highest BCUT2D eigenvalue weighted by atomic mass is 16.5. The van der Waals surface area contributed by atoms with E-state index < -0.39 is 0 Å². The molecule has 0 saturated carbocycles. The Bertz CT molecular complexity index is 215. The van der Waals surface area contributed by atoms with E-state index in [1.54, 1.807) is 0 Å². The van der Waals surface area contributed by atoms with E-state index >= 15 is 0 Å². The summed E-state index contributed by atoms with van der Waals surface area (Å²) < 4.78 is 5.44. The largest absolute Gasteiger partial charge is 0.395 e. The molecule has 1 heterocycles. The Labute approximate surface area is 104 Å². The summed E-state index contributed by atoms with van der Waals surface area (Å²) in [5, 5.41) is 9.06. The molecule has 0 aromatic rings. The lowest BCUT2D eigenvalue weighted by molar-refractivity contribution is -0.125. The number of nitrogens with zero attached hydrogens (tertiary/aromatic N) is 1. The number of rotatable bonds is 8. The summed E-state index contributed by atoms with van der Waals surface area (Å²) in [4.78, 5) is 13.5. The maximum atomic E-state index is 11.3. The van der Waals surface area contributed by atoms with Gasteiger partial charge in [-0.3, -0.25) is 4.90 Å². The summed E-state index contributed by atoms with van der Waals surface area (Å²) in [5.41, 5.74) is -0.346. The van der Waals surface area contributed by atoms with Crippen LogP contribution in [0.5, 0.6) is 0 Å². The molecular weight excluding hydrogens is 218 g/mol. The molecule has 1 atom stereocenters. The van der Waals surface area contributed by atoms with Crippen molar-refractivity contribution in [1.29, 1.82) is 0 Å². The number of unbranched alkanes of at least 4 members (excludes halogenated alkanes) is 1. The summed E-state index contributed by atoms with van der Waals surface area (Å²) in [7, 11) is 0. The van der Waals surface area contributed by atoms with Gasteiger partial charge in [0.25, 0.3) is 0 Å². The first-order chi connectivity index (χ1) is 8.26. The Hall–Kier alpha value is -0.450. The zero-order chi connectivity index (χ0) is 12.6. The first-order valence-electron chi connectivity index (χ1n) is 6.63. The maximum Gasteiger partial charge on any atom is 0.129 e. The predicted molar refractivity (Wildman–Crippen MR) is 67.0 cm³/mol. The van der Waals surface area contributed by atoms with Gasteiger partial charge in [-0.2, -0.15) is 0 Å². The minimum absolute atomic E-state index is 0.152. The first kappa shape index (κ1) is 14.6. The van der Waals surface area contributed by atoms with Crippen molar-refractivity contribution in [2.45, 2.75) is 32.6 Å². The quantitative estimate of drug-likeness (QED) is 0.648. The fourth-order valence-corrected chi connectivity index (χ4v) is 2.37. The lowest BCUT2D eigenvalue weighted by Crippen LogP contribution is -2.45. The smallest absolute Gasteiger partial charge is 0.129 e. The Morgan fingerprint density at radius 2 is 2.29 bits per heavy atom. The van der Waals surface area contributed by atoms with E-state index in [1.807, 2.05) is 0 Å². The third-order valence-electron chi connectivity index (χ3n) is 3.39. The highest BCUT2D eigenvalue weighted by Gasteiger charge is 2.34. The van der Waals surface area contributed by atoms with Gasteiger partial charge in [-0.1, -0.05) is 13.3 Å². The molecule has 1 N–H and O–H groups in total. The second-order valence-electron chi connectivity index (χ2n) is 4.99. The minimum Gasteiger partial charge on any atom is -0.395 e. The first-order valence-corrected chi connectivity index (χ1v) is 6.63. The standard InChI is InChI=1S/C13H25NO3/c1-2-3-6-14(7-8-15)10-13(11-16)5-4-9-17-12-13/h11,15H,2-10,12H2,1H3. The summed E-state index contributed by atoms with van der Waals surface area (Å²) >= 11 is 0. The second kappa shape index (κ2) is 7.80. The van der Waals surface area contributed by atoms with Crippen LogP contribution in [-0.2, 0) is 9.53 Å². The number of hydrogen-bond acceptors (Lipinski definition) is 4. The molecule has 1 unspecified atom stereocenters. The van der Waals surface area contributed by atoms with Gasteiger partial charge < -0.3 is 14.6 Å². The van der Waals surface area contributed by atoms with Crippen LogP contribution < -0.4 is 0 Å². The van der Waals surface area contributed by atoms with E-state index in [0.717, 1.165) is 51.7 Å². The van der Waals surface area contributed by atoms with Gasteiger partial charge in [0.2, 0.25) is 0 Å². The Morgan fingerprint density at radius 3 is 2.82 bits per heavy atom. The van der Waals surface area contributed by atoms with Crippen LogP contribution in [0.3, 0.4) is 0 Å². The molecule has 0 bridgehead atoms. The number of hydrogen-bond donors (Lipinski definition) is 1. The van der Waals surface area contributed by atoms with Crippen molar-refractivity contribution >= 4 is 6.29 Å². The van der Waals surface area contributed by atoms with E-state index in [-0.39, 0.29) is 12.0 Å². The van der Waals surface area contributed by atoms with Crippen LogP contribution >= 0.6 is 0 Å². The summed E-state index contributed by atoms with van der Waals surface area (Å²) in [6.45, 7) is 5.92. The number of carbonyl (C=O) groups is 1. The normalized spacial score (nSPS) is 25.1. The molecule has 0 amide bonds. The van der Waals surface area contributed by atoms with Gasteiger partial charge in [0.1, 0.15) is 6.29 Å². The fraction of sp³-hybridized carbons (Fsp3) is 0.923. The molecule has 0 aromatic carbocycles. The van der Waals surface area contributed by atoms with Crippen LogP contribution in [0.4, 0.5) is 0 Å². The molecule has 4 heteroatoms. The van der Waals surface area contributed by atoms with Crippen LogP contribution in [0.1, 0.15) is 32.6 Å². The van der Waals surface area contributed by atoms with Crippen LogP contribution in [0.25, 0.3) is 0 Å². The Kier molecular flexibility index (Phi) is 6.70. The molecule has 1 saturated heterocycles. The number of ether oxygens (including phenoxy) is 1. The summed E-state index contributed by atoms with van der Waals surface area (Å²) in [6.07, 6.45) is 5.16. The van der Waals surface area contributed by atoms with Crippen LogP contribution in [0.2, 0.25) is 0 Å². The highest BCUT2D eigenvalue weighted by molar-refractivity contribution is 5.60. The molecule has 0 spiro atoms. The predicted octanol–water partition coefficient (Wildman–Crippen LogP) is 1.08. The molecular formula is C13H25NO3. The molecule has 100 valence electrons. The SMILES string of the molecule is CCCCN(CCO)CC1(C=O)CCCOC1. The Balaban J connectivity index is 2.51. The second-order valence-corrected chi connectivity index (χ2v) is 4.99. The van der Waals surface area contributed by atoms with Gasteiger partial charge in [-0.15, -0.1) is 0 Å². The van der Waals surface area contributed by atoms with E-state index in [9.17, 15) is 4.79 Å². The molecule has 4 nitrogen and oxygen atoms in total. The van der Waals surface area contributed by atoms with Gasteiger partial charge in [0.05, 0.1) is 18.6 Å². The van der Waals surface area contributed by atoms with Crippen molar-refractivity contribution < 1.29 is 14.6 Å². The van der Waals surface area contributed by atoms with Crippen molar-refractivity contribution in [3.05, 3.63) is 0 Å². The number of aliphatic hydroxyl groups is 1. The molecule has 1 fully saturated rings. The average Bonchev–Trinajstić information content (AvgIpc) is 2.37. The lowest BCUT2D eigenvalue weighted by Gasteiger charge is -2.36. The molecule has 0 radical (unpaired) electrons. The van der Waals surface area contributed by atoms with Crippen molar-refractivity contribution in [2.24, 2.45) is 5.41 Å². The van der Waals surface area contributed by atoms with Gasteiger partial charge in [-0.05, 0) is 25.8 Å². The van der Waals surface area contributed by atoms with Gasteiger partial charge in [0.15, 0.2) is 0 Å². The monoisotopic (exact) mass is 243 g/mol. The molecule has 1 aliphatic heterocycles. The van der Waals surface area contributed by atoms with Crippen LogP contribution in [0, 0.1) is 5.41 Å². The van der Waals surface area contributed by atoms with E-state index in [4.69, 9.17) is 9.84 Å². The molecule has 17 heavy (non-hydrogen) atoms. The average molecular weight is 243 g/mol. The van der Waals surface area contributed by atoms with Crippen LogP contribution in [0.15, 0.2) is 0 Å². The third kappa shape index (κ3) is 4.74. The highest BCUT2D eigenvalue weighted by Crippen LogP contribution is 2.27. The third-order valence-corrected chi connectivity index (χ3v) is 3.39. The minimum atomic E-state index is -0.346. The Morgan fingerprint density at radius 1 is 1.47 bits per heavy atom. The van der Waals surface area contributed by atoms with Crippen molar-refractivity contribution in [3.63, 3.8) is 0 Å². The van der Waals surface area contributed by atoms with Crippen LogP contribution in [-0.4, -0.2) is 55.7 Å². The topological polar surface area (TPSA) is 49.8 Å².